The zero-order chi connectivity index (χ0) is 36.8. The molecule has 5 atom stereocenters. The van der Waals surface area contributed by atoms with Gasteiger partial charge in [0.15, 0.2) is 0 Å². The molecule has 0 aromatic heterocycles. The molecule has 0 radical (unpaired) electrons. The summed E-state index contributed by atoms with van der Waals surface area (Å²) < 4.78 is 0. The van der Waals surface area contributed by atoms with E-state index in [-0.39, 0.29) is 30.2 Å². The number of carbonyl (C=O) groups is 6. The molecule has 2 fully saturated rings. The molecule has 0 bridgehead atoms. The number of benzene rings is 1. The Morgan fingerprint density at radius 1 is 0.878 bits per heavy atom. The first kappa shape index (κ1) is 39.5. The smallest absolute Gasteiger partial charge is 0.316 e. The van der Waals surface area contributed by atoms with Crippen molar-refractivity contribution in [2.75, 3.05) is 13.6 Å². The van der Waals surface area contributed by atoms with Gasteiger partial charge in [-0.05, 0) is 47.0 Å². The van der Waals surface area contributed by atoms with Crippen LogP contribution in [-0.2, 0) is 30.5 Å². The van der Waals surface area contributed by atoms with Gasteiger partial charge in [-0.15, -0.1) is 0 Å². The molecule has 12 heteroatoms. The van der Waals surface area contributed by atoms with E-state index in [1.165, 1.54) is 4.90 Å². The van der Waals surface area contributed by atoms with E-state index >= 15 is 0 Å². The maximum absolute atomic E-state index is 14.4. The zero-order valence-corrected chi connectivity index (χ0v) is 30.8. The van der Waals surface area contributed by atoms with Gasteiger partial charge in [0.2, 0.25) is 23.5 Å². The van der Waals surface area contributed by atoms with E-state index in [1.807, 2.05) is 85.7 Å². The molecule has 1 aromatic rings. The van der Waals surface area contributed by atoms with E-state index in [0.717, 1.165) is 24.8 Å². The summed E-state index contributed by atoms with van der Waals surface area (Å²) in [4.78, 5) is 83.3. The molecule has 1 saturated carbocycles. The fourth-order valence-electron chi connectivity index (χ4n) is 6.74. The molecule has 6 amide bonds. The normalized spacial score (nSPS) is 20.1. The number of nitrogens with zero attached hydrogens (tertiary/aromatic N) is 2. The molecule has 5 N–H and O–H groups in total. The lowest BCUT2D eigenvalue weighted by Crippen LogP contribution is -2.63. The number of hydrogen-bond acceptors (Lipinski definition) is 6. The molecular weight excluding hydrogens is 624 g/mol. The molecule has 272 valence electrons. The summed E-state index contributed by atoms with van der Waals surface area (Å²) >= 11 is 0. The van der Waals surface area contributed by atoms with E-state index in [1.54, 1.807) is 11.9 Å². The second-order valence-corrected chi connectivity index (χ2v) is 16.4. The van der Waals surface area contributed by atoms with Crippen molar-refractivity contribution in [1.82, 2.24) is 25.8 Å². The molecule has 3 rings (SSSR count). The minimum atomic E-state index is -1.11. The van der Waals surface area contributed by atoms with Crippen LogP contribution in [0.2, 0.25) is 0 Å². The van der Waals surface area contributed by atoms with Gasteiger partial charge in [0, 0.05) is 20.1 Å². The minimum Gasteiger partial charge on any atom is -0.363 e. The lowest BCUT2D eigenvalue weighted by molar-refractivity contribution is -0.144. The predicted molar refractivity (Wildman–Crippen MR) is 188 cm³/mol. The summed E-state index contributed by atoms with van der Waals surface area (Å²) in [5.74, 6) is -3.15. The Labute approximate surface area is 291 Å². The fourth-order valence-corrected chi connectivity index (χ4v) is 6.74. The predicted octanol–water partition coefficient (Wildman–Crippen LogP) is 3.38. The second-order valence-electron chi connectivity index (χ2n) is 16.4. The number of primary amides is 1. The largest absolute Gasteiger partial charge is 0.363 e. The maximum Gasteiger partial charge on any atom is 0.316 e. The van der Waals surface area contributed by atoms with Crippen LogP contribution in [0.15, 0.2) is 30.3 Å². The quantitative estimate of drug-likeness (QED) is 0.233. The van der Waals surface area contributed by atoms with Gasteiger partial charge in [-0.1, -0.05) is 105 Å². The number of Topliss-reactive ketones (excluding diaryl/α,β-unsaturated/α-hetero) is 1. The molecule has 1 aliphatic heterocycles. The Morgan fingerprint density at radius 3 is 1.94 bits per heavy atom. The van der Waals surface area contributed by atoms with E-state index in [9.17, 15) is 28.8 Å². The number of amides is 6. The highest BCUT2D eigenvalue weighted by molar-refractivity contribution is 6.37. The highest BCUT2D eigenvalue weighted by Gasteiger charge is 2.48. The summed E-state index contributed by atoms with van der Waals surface area (Å²) in [5, 5.41) is 8.46. The molecule has 1 aromatic carbocycles. The minimum absolute atomic E-state index is 0.0289. The number of likely N-dealkylation sites (tertiary alicyclic amines) is 1. The van der Waals surface area contributed by atoms with Crippen molar-refractivity contribution in [3.8, 4) is 0 Å². The first-order valence-electron chi connectivity index (χ1n) is 17.5. The molecule has 1 saturated heterocycles. The summed E-state index contributed by atoms with van der Waals surface area (Å²) in [7, 11) is 1.69. The van der Waals surface area contributed by atoms with Crippen LogP contribution in [0.1, 0.15) is 93.1 Å². The van der Waals surface area contributed by atoms with Crippen molar-refractivity contribution >= 4 is 35.4 Å². The topological polar surface area (TPSA) is 171 Å². The Kier molecular flexibility index (Phi) is 13.0. The SMILES string of the molecule is CC(C)C1CCN(C(=O)[C@@H](NC(=O)N[C@H](C(=O)N(C)Cc2ccccc2)C(C)(C)C)C(C)(C)C)[C@@H]1C(=O)NC(CC1CCC1)C(=O)C(N)=O. The van der Waals surface area contributed by atoms with Gasteiger partial charge >= 0.3 is 6.03 Å². The monoisotopic (exact) mass is 682 g/mol. The Balaban J connectivity index is 1.82. The third-order valence-electron chi connectivity index (χ3n) is 9.94. The van der Waals surface area contributed by atoms with Gasteiger partial charge in [-0.2, -0.15) is 0 Å². The third kappa shape index (κ3) is 10.3. The van der Waals surface area contributed by atoms with Crippen LogP contribution >= 0.6 is 0 Å². The summed E-state index contributed by atoms with van der Waals surface area (Å²) in [6.45, 7) is 15.6. The van der Waals surface area contributed by atoms with E-state index in [4.69, 9.17) is 5.73 Å². The van der Waals surface area contributed by atoms with Crippen LogP contribution in [0.3, 0.4) is 0 Å². The van der Waals surface area contributed by atoms with Crippen LogP contribution in [0.5, 0.6) is 0 Å². The molecule has 0 spiro atoms. The van der Waals surface area contributed by atoms with Crippen molar-refractivity contribution in [3.05, 3.63) is 35.9 Å². The van der Waals surface area contributed by atoms with Crippen LogP contribution in [0.4, 0.5) is 4.79 Å². The van der Waals surface area contributed by atoms with Crippen molar-refractivity contribution in [2.24, 2.45) is 34.3 Å². The maximum atomic E-state index is 14.4. The standard InChI is InChI=1S/C37H58N6O6/c1-22(2)25-18-19-43(27(25)32(46)39-26(28(44)31(38)45)20-23-16-13-17-23)34(48)30(37(6,7)8)41-35(49)40-29(36(3,4)5)33(47)42(9)21-24-14-11-10-12-15-24/h10-12,14-15,22-23,25-27,29-30H,13,16-21H2,1-9H3,(H2,38,45)(H,39,46)(H2,40,41,49)/t25?,26?,27-,29+,30+/m0/s1. The average Bonchev–Trinajstić information content (AvgIpc) is 3.44. The number of nitrogens with one attached hydrogen (secondary N) is 3. The number of hydrogen-bond donors (Lipinski definition) is 4. The third-order valence-corrected chi connectivity index (χ3v) is 9.94. The average molecular weight is 683 g/mol. The molecule has 1 heterocycles. The van der Waals surface area contributed by atoms with Gasteiger partial charge < -0.3 is 31.5 Å². The number of ketones is 1. The molecule has 12 nitrogen and oxygen atoms in total. The van der Waals surface area contributed by atoms with Crippen molar-refractivity contribution in [3.63, 3.8) is 0 Å². The highest BCUT2D eigenvalue weighted by atomic mass is 16.2. The fraction of sp³-hybridized carbons (Fsp3) is 0.676. The number of likely N-dealkylation sites (N-methyl/N-ethyl adjacent to an activating group) is 1. The second kappa shape index (κ2) is 16.2. The lowest BCUT2D eigenvalue weighted by Gasteiger charge is -2.38. The van der Waals surface area contributed by atoms with Gasteiger partial charge in [-0.25, -0.2) is 4.79 Å². The van der Waals surface area contributed by atoms with Crippen molar-refractivity contribution in [1.29, 1.82) is 0 Å². The molecule has 2 unspecified atom stereocenters. The first-order chi connectivity index (χ1) is 22.7. The van der Waals surface area contributed by atoms with E-state index < -0.39 is 64.5 Å². The van der Waals surface area contributed by atoms with E-state index in [0.29, 0.717) is 19.4 Å². The lowest BCUT2D eigenvalue weighted by atomic mass is 9.80. The summed E-state index contributed by atoms with van der Waals surface area (Å²) in [6.07, 6.45) is 3.72. The van der Waals surface area contributed by atoms with Crippen molar-refractivity contribution in [2.45, 2.75) is 118 Å². The Bertz CT molecular complexity index is 1360. The van der Waals surface area contributed by atoms with E-state index in [2.05, 4.69) is 16.0 Å². The summed E-state index contributed by atoms with van der Waals surface area (Å²) in [5.41, 5.74) is 4.87. The van der Waals surface area contributed by atoms with Crippen LogP contribution in [0.25, 0.3) is 0 Å². The first-order valence-corrected chi connectivity index (χ1v) is 17.5. The van der Waals surface area contributed by atoms with Gasteiger partial charge in [-0.3, -0.25) is 24.0 Å². The van der Waals surface area contributed by atoms with Gasteiger partial charge in [0.1, 0.15) is 18.1 Å². The number of urea groups is 1. The van der Waals surface area contributed by atoms with Crippen LogP contribution in [-0.4, -0.2) is 83.0 Å². The highest BCUT2D eigenvalue weighted by Crippen LogP contribution is 2.35. The molecule has 49 heavy (non-hydrogen) atoms. The summed E-state index contributed by atoms with van der Waals surface area (Å²) in [6, 6.07) is 4.95. The van der Waals surface area contributed by atoms with Crippen LogP contribution < -0.4 is 21.7 Å². The molecule has 1 aliphatic carbocycles. The van der Waals surface area contributed by atoms with Gasteiger partial charge in [0.05, 0.1) is 6.04 Å². The Hall–Kier alpha value is -3.96. The Morgan fingerprint density at radius 2 is 1.45 bits per heavy atom. The molecular formula is C37H58N6O6. The van der Waals surface area contributed by atoms with Gasteiger partial charge in [0.25, 0.3) is 5.91 Å². The number of rotatable bonds is 13. The number of carbonyl (C=O) groups excluding carboxylic acids is 6. The van der Waals surface area contributed by atoms with Crippen LogP contribution in [0, 0.1) is 28.6 Å². The number of nitrogens with two attached hydrogens (primary N) is 1. The molecule has 2 aliphatic rings. The van der Waals surface area contributed by atoms with Crippen molar-refractivity contribution < 1.29 is 28.8 Å². The zero-order valence-electron chi connectivity index (χ0n) is 30.8.